The number of carbonyl (C=O) groups excluding carboxylic acids is 1. The van der Waals surface area contributed by atoms with Crippen LogP contribution >= 0.6 is 0 Å². The van der Waals surface area contributed by atoms with Crippen molar-refractivity contribution >= 4 is 33.5 Å². The topological polar surface area (TPSA) is 63.6 Å². The van der Waals surface area contributed by atoms with Crippen LogP contribution in [0.2, 0.25) is 0 Å². The largest absolute Gasteiger partial charge is 0.478 e. The van der Waals surface area contributed by atoms with Crippen LogP contribution in [-0.2, 0) is 0 Å². The van der Waals surface area contributed by atoms with Gasteiger partial charge in [-0.25, -0.2) is 9.59 Å². The van der Waals surface area contributed by atoms with Gasteiger partial charge < -0.3 is 9.84 Å². The first-order chi connectivity index (χ1) is 12.6. The van der Waals surface area contributed by atoms with E-state index in [-0.39, 0.29) is 5.56 Å². The Kier molecular flexibility index (Phi) is 3.86. The molecule has 0 unspecified atom stereocenters. The number of fused-ring (bicyclic) bond motifs is 2. The molecule has 126 valence electrons. The standard InChI is InChI=1S/C22H14O4/c23-21(24)14-9-11-17(12-10-14)26-22(25)20-18-7-3-1-5-15(18)13-16-6-2-4-8-19(16)20/h1-13H,(H,23,24). The van der Waals surface area contributed by atoms with Crippen molar-refractivity contribution in [3.63, 3.8) is 0 Å². The van der Waals surface area contributed by atoms with Crippen molar-refractivity contribution < 1.29 is 19.4 Å². The van der Waals surface area contributed by atoms with Gasteiger partial charge in [0.2, 0.25) is 0 Å². The predicted molar refractivity (Wildman–Crippen MR) is 99.8 cm³/mol. The van der Waals surface area contributed by atoms with Gasteiger partial charge in [-0.3, -0.25) is 0 Å². The minimum absolute atomic E-state index is 0.139. The van der Waals surface area contributed by atoms with Crippen molar-refractivity contribution in [1.82, 2.24) is 0 Å². The van der Waals surface area contributed by atoms with Crippen molar-refractivity contribution in [3.8, 4) is 5.75 Å². The summed E-state index contributed by atoms with van der Waals surface area (Å²) in [6, 6.07) is 23.2. The van der Waals surface area contributed by atoms with Gasteiger partial charge in [0.05, 0.1) is 11.1 Å². The van der Waals surface area contributed by atoms with E-state index < -0.39 is 11.9 Å². The van der Waals surface area contributed by atoms with Crippen LogP contribution in [-0.4, -0.2) is 17.0 Å². The highest BCUT2D eigenvalue weighted by Gasteiger charge is 2.17. The van der Waals surface area contributed by atoms with Crippen molar-refractivity contribution in [3.05, 3.63) is 90.0 Å². The average molecular weight is 342 g/mol. The van der Waals surface area contributed by atoms with Gasteiger partial charge >= 0.3 is 11.9 Å². The normalized spacial score (nSPS) is 10.8. The molecular formula is C22H14O4. The number of ether oxygens (including phenoxy) is 1. The molecule has 0 aromatic heterocycles. The van der Waals surface area contributed by atoms with E-state index in [0.29, 0.717) is 11.3 Å². The van der Waals surface area contributed by atoms with Crippen LogP contribution in [0.15, 0.2) is 78.9 Å². The number of carbonyl (C=O) groups is 2. The molecule has 4 aromatic carbocycles. The molecule has 26 heavy (non-hydrogen) atoms. The van der Waals surface area contributed by atoms with Crippen LogP contribution in [0.25, 0.3) is 21.5 Å². The molecule has 4 rings (SSSR count). The first-order valence-corrected chi connectivity index (χ1v) is 8.09. The van der Waals surface area contributed by atoms with E-state index in [1.54, 1.807) is 0 Å². The molecule has 0 aliphatic heterocycles. The van der Waals surface area contributed by atoms with Crippen LogP contribution in [0.5, 0.6) is 5.75 Å². The van der Waals surface area contributed by atoms with Crippen LogP contribution in [0.4, 0.5) is 0 Å². The van der Waals surface area contributed by atoms with E-state index in [2.05, 4.69) is 0 Å². The molecule has 0 radical (unpaired) electrons. The van der Waals surface area contributed by atoms with E-state index in [1.165, 1.54) is 24.3 Å². The van der Waals surface area contributed by atoms with E-state index in [1.807, 2.05) is 54.6 Å². The summed E-state index contributed by atoms with van der Waals surface area (Å²) in [5.41, 5.74) is 0.640. The molecular weight excluding hydrogens is 328 g/mol. The zero-order chi connectivity index (χ0) is 18.1. The summed E-state index contributed by atoms with van der Waals surface area (Å²) in [4.78, 5) is 23.9. The Morgan fingerprint density at radius 2 is 1.27 bits per heavy atom. The Morgan fingerprint density at radius 1 is 0.731 bits per heavy atom. The lowest BCUT2D eigenvalue weighted by atomic mass is 9.97. The number of aromatic carboxylic acids is 1. The predicted octanol–water partition coefficient (Wildman–Crippen LogP) is 4.91. The highest BCUT2D eigenvalue weighted by atomic mass is 16.5. The molecule has 0 aliphatic rings. The third-order valence-electron chi connectivity index (χ3n) is 4.29. The van der Waals surface area contributed by atoms with E-state index in [9.17, 15) is 9.59 Å². The molecule has 0 heterocycles. The molecule has 1 N–H and O–H groups in total. The number of carboxylic acids is 1. The number of hydrogen-bond donors (Lipinski definition) is 1. The summed E-state index contributed by atoms with van der Waals surface area (Å²) in [5, 5.41) is 12.5. The summed E-state index contributed by atoms with van der Waals surface area (Å²) < 4.78 is 5.52. The highest BCUT2D eigenvalue weighted by molar-refractivity contribution is 6.17. The van der Waals surface area contributed by atoms with E-state index in [4.69, 9.17) is 9.84 Å². The fourth-order valence-corrected chi connectivity index (χ4v) is 3.06. The minimum atomic E-state index is -1.03. The van der Waals surface area contributed by atoms with Gasteiger partial charge in [0.15, 0.2) is 0 Å². The molecule has 0 bridgehead atoms. The van der Waals surface area contributed by atoms with Crippen LogP contribution in [0.3, 0.4) is 0 Å². The Morgan fingerprint density at radius 3 is 1.81 bits per heavy atom. The molecule has 4 nitrogen and oxygen atoms in total. The number of carboxylic acid groups (broad SMARTS) is 1. The van der Waals surface area contributed by atoms with Gasteiger partial charge in [-0.05, 0) is 51.9 Å². The molecule has 0 fully saturated rings. The first kappa shape index (κ1) is 15.8. The summed E-state index contributed by atoms with van der Waals surface area (Å²) in [6.45, 7) is 0. The van der Waals surface area contributed by atoms with Crippen LogP contribution in [0.1, 0.15) is 20.7 Å². The molecule has 0 atom stereocenters. The van der Waals surface area contributed by atoms with Crippen molar-refractivity contribution in [2.45, 2.75) is 0 Å². The number of hydrogen-bond acceptors (Lipinski definition) is 3. The van der Waals surface area contributed by atoms with Gasteiger partial charge in [-0.15, -0.1) is 0 Å². The zero-order valence-electron chi connectivity index (χ0n) is 13.7. The molecule has 4 heteroatoms. The van der Waals surface area contributed by atoms with E-state index in [0.717, 1.165) is 21.5 Å². The van der Waals surface area contributed by atoms with Crippen molar-refractivity contribution in [2.75, 3.05) is 0 Å². The Hall–Kier alpha value is -3.66. The molecule has 0 saturated heterocycles. The minimum Gasteiger partial charge on any atom is -0.478 e. The Bertz CT molecular complexity index is 1090. The average Bonchev–Trinajstić information content (AvgIpc) is 2.66. The highest BCUT2D eigenvalue weighted by Crippen LogP contribution is 2.29. The second kappa shape index (κ2) is 6.33. The lowest BCUT2D eigenvalue weighted by Crippen LogP contribution is -2.10. The Labute approximate surface area is 149 Å². The van der Waals surface area contributed by atoms with Crippen molar-refractivity contribution in [1.29, 1.82) is 0 Å². The quantitative estimate of drug-likeness (QED) is 0.326. The first-order valence-electron chi connectivity index (χ1n) is 8.09. The van der Waals surface area contributed by atoms with Crippen molar-refractivity contribution in [2.24, 2.45) is 0 Å². The second-order valence-corrected chi connectivity index (χ2v) is 5.91. The maximum absolute atomic E-state index is 12.9. The number of esters is 1. The summed E-state index contributed by atoms with van der Waals surface area (Å²) in [6.07, 6.45) is 0. The fraction of sp³-hybridized carbons (Fsp3) is 0. The van der Waals surface area contributed by atoms with Crippen LogP contribution in [0, 0.1) is 0 Å². The van der Waals surface area contributed by atoms with Crippen LogP contribution < -0.4 is 4.74 Å². The third-order valence-corrected chi connectivity index (χ3v) is 4.29. The third kappa shape index (κ3) is 2.78. The van der Waals surface area contributed by atoms with Gasteiger partial charge in [0.25, 0.3) is 0 Å². The molecule has 0 saturated carbocycles. The molecule has 0 aliphatic carbocycles. The molecule has 4 aromatic rings. The monoisotopic (exact) mass is 342 g/mol. The van der Waals surface area contributed by atoms with E-state index >= 15 is 0 Å². The summed E-state index contributed by atoms with van der Waals surface area (Å²) in [5.74, 6) is -1.19. The lowest BCUT2D eigenvalue weighted by molar-refractivity contribution is 0.0696. The lowest BCUT2D eigenvalue weighted by Gasteiger charge is -2.11. The second-order valence-electron chi connectivity index (χ2n) is 5.91. The molecule has 0 amide bonds. The maximum Gasteiger partial charge on any atom is 0.344 e. The van der Waals surface area contributed by atoms with Gasteiger partial charge in [-0.2, -0.15) is 0 Å². The number of benzene rings is 4. The van der Waals surface area contributed by atoms with Gasteiger partial charge in [0.1, 0.15) is 5.75 Å². The molecule has 0 spiro atoms. The fourth-order valence-electron chi connectivity index (χ4n) is 3.06. The maximum atomic E-state index is 12.9. The smallest absolute Gasteiger partial charge is 0.344 e. The number of rotatable bonds is 3. The summed E-state index contributed by atoms with van der Waals surface area (Å²) in [7, 11) is 0. The van der Waals surface area contributed by atoms with Gasteiger partial charge in [-0.1, -0.05) is 48.5 Å². The zero-order valence-corrected chi connectivity index (χ0v) is 13.7. The van der Waals surface area contributed by atoms with Gasteiger partial charge in [0, 0.05) is 0 Å². The Balaban J connectivity index is 1.81. The SMILES string of the molecule is O=C(O)c1ccc(OC(=O)c2c3ccccc3cc3ccccc23)cc1. The summed E-state index contributed by atoms with van der Waals surface area (Å²) >= 11 is 0.